The quantitative estimate of drug-likeness (QED) is 0.554. The van der Waals surface area contributed by atoms with Gasteiger partial charge in [0.15, 0.2) is 5.78 Å². The van der Waals surface area contributed by atoms with Crippen LogP contribution in [0.1, 0.15) is 23.0 Å². The fraction of sp³-hybridized carbons (Fsp3) is 0.182. The number of ether oxygens (including phenoxy) is 1. The van der Waals surface area contributed by atoms with E-state index < -0.39 is 5.97 Å². The monoisotopic (exact) mass is 205 g/mol. The van der Waals surface area contributed by atoms with E-state index in [1.54, 1.807) is 18.2 Å². The summed E-state index contributed by atoms with van der Waals surface area (Å²) in [6, 6.07) is 3.24. The van der Waals surface area contributed by atoms with Crippen molar-refractivity contribution in [1.82, 2.24) is 4.98 Å². The van der Waals surface area contributed by atoms with E-state index in [2.05, 4.69) is 9.72 Å². The van der Waals surface area contributed by atoms with Crippen molar-refractivity contribution in [2.24, 2.45) is 0 Å². The van der Waals surface area contributed by atoms with Gasteiger partial charge in [0.2, 0.25) is 0 Å². The molecule has 1 aromatic heterocycles. The number of aromatic nitrogens is 1. The number of rotatable bonds is 3. The van der Waals surface area contributed by atoms with Gasteiger partial charge < -0.3 is 4.74 Å². The molecule has 0 bridgehead atoms. The van der Waals surface area contributed by atoms with Crippen molar-refractivity contribution in [3.05, 3.63) is 35.7 Å². The zero-order valence-corrected chi connectivity index (χ0v) is 8.56. The first-order valence-corrected chi connectivity index (χ1v) is 4.36. The van der Waals surface area contributed by atoms with Crippen LogP contribution in [0, 0.1) is 0 Å². The molecule has 0 aliphatic rings. The van der Waals surface area contributed by atoms with Gasteiger partial charge in [-0.15, -0.1) is 0 Å². The molecule has 0 N–H and O–H groups in total. The molecule has 1 aromatic rings. The molecule has 0 aromatic carbocycles. The molecule has 0 atom stereocenters. The molecular formula is C11H11NO3. The summed E-state index contributed by atoms with van der Waals surface area (Å²) in [5.74, 6) is -0.510. The van der Waals surface area contributed by atoms with Crippen LogP contribution in [-0.2, 0) is 9.53 Å². The first-order valence-electron chi connectivity index (χ1n) is 4.36. The lowest BCUT2D eigenvalue weighted by Gasteiger charge is -1.97. The fourth-order valence-electron chi connectivity index (χ4n) is 0.943. The average Bonchev–Trinajstić information content (AvgIpc) is 2.26. The third kappa shape index (κ3) is 3.34. The lowest BCUT2D eigenvalue weighted by Crippen LogP contribution is -2.03. The topological polar surface area (TPSA) is 56.3 Å². The van der Waals surface area contributed by atoms with Gasteiger partial charge in [-0.1, -0.05) is 6.07 Å². The minimum absolute atomic E-state index is 0.0351. The molecule has 0 spiro atoms. The zero-order chi connectivity index (χ0) is 11.3. The van der Waals surface area contributed by atoms with E-state index >= 15 is 0 Å². The van der Waals surface area contributed by atoms with Gasteiger partial charge in [-0.3, -0.25) is 4.79 Å². The van der Waals surface area contributed by atoms with Crippen LogP contribution in [0.2, 0.25) is 0 Å². The van der Waals surface area contributed by atoms with Gasteiger partial charge in [-0.2, -0.15) is 0 Å². The van der Waals surface area contributed by atoms with E-state index in [0.717, 1.165) is 5.56 Å². The predicted octanol–water partition coefficient (Wildman–Crippen LogP) is 1.47. The molecule has 15 heavy (non-hydrogen) atoms. The van der Waals surface area contributed by atoms with Crippen molar-refractivity contribution in [3.8, 4) is 0 Å². The van der Waals surface area contributed by atoms with Crippen molar-refractivity contribution >= 4 is 17.8 Å². The first-order chi connectivity index (χ1) is 7.13. The smallest absolute Gasteiger partial charge is 0.356 e. The van der Waals surface area contributed by atoms with Gasteiger partial charge in [-0.05, 0) is 30.7 Å². The molecule has 0 aliphatic heterocycles. The number of carbonyl (C=O) groups excluding carboxylic acids is 2. The van der Waals surface area contributed by atoms with Crippen LogP contribution < -0.4 is 0 Å². The maximum atomic E-state index is 11.0. The Kier molecular flexibility index (Phi) is 3.74. The number of esters is 1. The van der Waals surface area contributed by atoms with Gasteiger partial charge in [0.25, 0.3) is 0 Å². The minimum atomic E-state index is -0.475. The molecule has 1 heterocycles. The van der Waals surface area contributed by atoms with Crippen LogP contribution >= 0.6 is 0 Å². The molecule has 1 rings (SSSR count). The Morgan fingerprint density at radius 1 is 1.40 bits per heavy atom. The number of hydrogen-bond acceptors (Lipinski definition) is 4. The summed E-state index contributed by atoms with van der Waals surface area (Å²) in [5.41, 5.74) is 1.01. The number of pyridine rings is 1. The second-order valence-electron chi connectivity index (χ2n) is 2.91. The van der Waals surface area contributed by atoms with Crippen LogP contribution in [0.4, 0.5) is 0 Å². The summed E-state index contributed by atoms with van der Waals surface area (Å²) in [6.07, 6.45) is 4.58. The van der Waals surface area contributed by atoms with Gasteiger partial charge in [-0.25, -0.2) is 9.78 Å². The Balaban J connectivity index is 2.81. The van der Waals surface area contributed by atoms with Gasteiger partial charge >= 0.3 is 5.97 Å². The normalized spacial score (nSPS) is 10.3. The molecule has 0 unspecified atom stereocenters. The SMILES string of the molecule is COC(=O)c1ccc(C=CC(C)=O)cn1. The second-order valence-corrected chi connectivity index (χ2v) is 2.91. The average molecular weight is 205 g/mol. The van der Waals surface area contributed by atoms with Crippen LogP contribution in [0.3, 0.4) is 0 Å². The second kappa shape index (κ2) is 5.05. The highest BCUT2D eigenvalue weighted by molar-refractivity contribution is 5.91. The van der Waals surface area contributed by atoms with Crippen LogP contribution in [0.5, 0.6) is 0 Å². The van der Waals surface area contributed by atoms with Crippen LogP contribution in [0.25, 0.3) is 6.08 Å². The summed E-state index contributed by atoms with van der Waals surface area (Å²) in [6.45, 7) is 1.47. The summed E-state index contributed by atoms with van der Waals surface area (Å²) >= 11 is 0. The fourth-order valence-corrected chi connectivity index (χ4v) is 0.943. The van der Waals surface area contributed by atoms with Crippen LogP contribution in [0.15, 0.2) is 24.4 Å². The van der Waals surface area contributed by atoms with Crippen molar-refractivity contribution in [2.75, 3.05) is 7.11 Å². The van der Waals surface area contributed by atoms with Crippen molar-refractivity contribution in [3.63, 3.8) is 0 Å². The minimum Gasteiger partial charge on any atom is -0.464 e. The Hall–Kier alpha value is -1.97. The number of ketones is 1. The number of carbonyl (C=O) groups is 2. The first kappa shape index (κ1) is 11.1. The number of methoxy groups -OCH3 is 1. The third-order valence-corrected chi connectivity index (χ3v) is 1.69. The molecular weight excluding hydrogens is 194 g/mol. The van der Waals surface area contributed by atoms with Gasteiger partial charge in [0.05, 0.1) is 7.11 Å². The molecule has 0 aliphatic carbocycles. The largest absolute Gasteiger partial charge is 0.464 e. The number of nitrogens with zero attached hydrogens (tertiary/aromatic N) is 1. The molecule has 4 heteroatoms. The van der Waals surface area contributed by atoms with E-state index in [9.17, 15) is 9.59 Å². The highest BCUT2D eigenvalue weighted by Crippen LogP contribution is 2.03. The van der Waals surface area contributed by atoms with Gasteiger partial charge in [0.1, 0.15) is 5.69 Å². The summed E-state index contributed by atoms with van der Waals surface area (Å²) in [5, 5.41) is 0. The number of allylic oxidation sites excluding steroid dienone is 1. The Labute approximate surface area is 87.6 Å². The molecule has 78 valence electrons. The summed E-state index contributed by atoms with van der Waals surface area (Å²) in [4.78, 5) is 25.6. The maximum Gasteiger partial charge on any atom is 0.356 e. The van der Waals surface area contributed by atoms with E-state index in [4.69, 9.17) is 0 Å². The molecule has 0 radical (unpaired) electrons. The summed E-state index contributed by atoms with van der Waals surface area (Å²) < 4.78 is 4.50. The number of hydrogen-bond donors (Lipinski definition) is 0. The van der Waals surface area contributed by atoms with Gasteiger partial charge in [0, 0.05) is 6.20 Å². The van der Waals surface area contributed by atoms with Crippen molar-refractivity contribution < 1.29 is 14.3 Å². The molecule has 0 fully saturated rings. The maximum absolute atomic E-state index is 11.0. The molecule has 0 saturated heterocycles. The summed E-state index contributed by atoms with van der Waals surface area (Å²) in [7, 11) is 1.30. The van der Waals surface area contributed by atoms with Crippen molar-refractivity contribution in [2.45, 2.75) is 6.92 Å². The Bertz CT molecular complexity index is 393. The van der Waals surface area contributed by atoms with E-state index in [1.165, 1.54) is 26.3 Å². The highest BCUT2D eigenvalue weighted by Gasteiger charge is 2.04. The van der Waals surface area contributed by atoms with E-state index in [1.807, 2.05) is 0 Å². The standard InChI is InChI=1S/C11H11NO3/c1-8(13)3-4-9-5-6-10(12-7-9)11(14)15-2/h3-7H,1-2H3. The van der Waals surface area contributed by atoms with E-state index in [0.29, 0.717) is 0 Å². The predicted molar refractivity (Wildman–Crippen MR) is 55.3 cm³/mol. The lowest BCUT2D eigenvalue weighted by atomic mass is 10.2. The molecule has 0 saturated carbocycles. The highest BCUT2D eigenvalue weighted by atomic mass is 16.5. The molecule has 0 amide bonds. The van der Waals surface area contributed by atoms with Crippen molar-refractivity contribution in [1.29, 1.82) is 0 Å². The lowest BCUT2D eigenvalue weighted by molar-refractivity contribution is -0.112. The molecule has 4 nitrogen and oxygen atoms in total. The Morgan fingerprint density at radius 2 is 2.13 bits per heavy atom. The zero-order valence-electron chi connectivity index (χ0n) is 8.56. The van der Waals surface area contributed by atoms with Crippen LogP contribution in [-0.4, -0.2) is 23.8 Å². The van der Waals surface area contributed by atoms with E-state index in [-0.39, 0.29) is 11.5 Å². The third-order valence-electron chi connectivity index (χ3n) is 1.69. The Morgan fingerprint density at radius 3 is 2.60 bits per heavy atom.